The molecule has 4 heteroatoms. The van der Waals surface area contributed by atoms with Crippen LogP contribution in [0, 0.1) is 10.9 Å². The molecule has 0 N–H and O–H groups in total. The molecule has 0 aliphatic rings. The number of aryl methyl sites for hydroxylation is 1. The minimum Gasteiger partial charge on any atom is -0.219 e. The molecule has 1 rings (SSSR count). The number of aromatic nitrogens is 1. The Kier molecular flexibility index (Phi) is 1.51. The normalized spacial score (nSPS) is 9.29. The summed E-state index contributed by atoms with van der Waals surface area (Å²) in [5.74, 6) is 0. The highest BCUT2D eigenvalue weighted by Crippen LogP contribution is 2.10. The number of nitrogens with zero attached hydrogens (tertiary/aromatic N) is 1. The average molecular weight is 149 g/mol. The summed E-state index contributed by atoms with van der Waals surface area (Å²) in [6.07, 6.45) is 0. The summed E-state index contributed by atoms with van der Waals surface area (Å²) in [6.45, 7) is 1.96. The van der Waals surface area contributed by atoms with Gasteiger partial charge in [0.05, 0.1) is 0 Å². The van der Waals surface area contributed by atoms with Crippen LogP contribution in [0.1, 0.15) is 5.01 Å². The summed E-state index contributed by atoms with van der Waals surface area (Å²) in [4.78, 5) is 3.96. The van der Waals surface area contributed by atoms with E-state index in [4.69, 9.17) is 12.2 Å². The predicted octanol–water partition coefficient (Wildman–Crippen LogP) is 2.24. The van der Waals surface area contributed by atoms with E-state index >= 15 is 0 Å². The molecule has 0 spiro atoms. The molecule has 38 valence electrons. The fourth-order valence-electron chi connectivity index (χ4n) is 0.262. The van der Waals surface area contributed by atoms with Crippen LogP contribution >= 0.6 is 32.9 Å². The predicted molar refractivity (Wildman–Crippen MR) is 35.6 cm³/mol. The lowest BCUT2D eigenvalue weighted by atomic mass is 10.9. The smallest absolute Gasteiger partial charge is 0.191 e. The van der Waals surface area contributed by atoms with E-state index in [2.05, 4.69) is 4.98 Å². The maximum Gasteiger partial charge on any atom is 0.191 e. The second-order valence-electron chi connectivity index (χ2n) is 1.06. The molecule has 0 saturated heterocycles. The quantitative estimate of drug-likeness (QED) is 0.414. The summed E-state index contributed by atoms with van der Waals surface area (Å²) in [5.41, 5.74) is 0. The van der Waals surface area contributed by atoms with Crippen molar-refractivity contribution in [1.82, 2.24) is 4.98 Å². The van der Waals surface area contributed by atoms with Crippen LogP contribution in [0.3, 0.4) is 0 Å². The summed E-state index contributed by atoms with van der Waals surface area (Å²) in [7, 11) is 3.18. The highest BCUT2D eigenvalue weighted by molar-refractivity contribution is 7.79. The van der Waals surface area contributed by atoms with Gasteiger partial charge in [-0.3, -0.25) is 0 Å². The highest BCUT2D eigenvalue weighted by Gasteiger charge is 1.84. The van der Waals surface area contributed by atoms with Crippen molar-refractivity contribution >= 4 is 32.9 Å². The molecule has 1 heterocycles. The Bertz CT molecular complexity index is 198. The summed E-state index contributed by atoms with van der Waals surface area (Å²) in [6, 6.07) is 0. The molecule has 1 aromatic heterocycles. The third-order valence-electron chi connectivity index (χ3n) is 0.482. The van der Waals surface area contributed by atoms with Crippen LogP contribution in [0.25, 0.3) is 0 Å². The van der Waals surface area contributed by atoms with Crippen molar-refractivity contribution in [3.63, 3.8) is 0 Å². The minimum absolute atomic E-state index is 0.752. The number of rotatable bonds is 0. The van der Waals surface area contributed by atoms with Gasteiger partial charge in [-0.2, -0.15) is 0 Å². The Labute approximate surface area is 54.0 Å². The highest BCUT2D eigenvalue weighted by atomic mass is 32.9. The lowest BCUT2D eigenvalue weighted by molar-refractivity contribution is 1.29. The van der Waals surface area contributed by atoms with Crippen LogP contribution in [-0.2, 0) is 0 Å². The van der Waals surface area contributed by atoms with Gasteiger partial charge in [0.2, 0.25) is 0 Å². The van der Waals surface area contributed by atoms with Crippen molar-refractivity contribution in [1.29, 1.82) is 0 Å². The van der Waals surface area contributed by atoms with E-state index in [9.17, 15) is 0 Å². The molecule has 7 heavy (non-hydrogen) atoms. The first-order valence-corrected chi connectivity index (χ1v) is 4.28. The van der Waals surface area contributed by atoms with Gasteiger partial charge in [0.1, 0.15) is 5.01 Å². The van der Waals surface area contributed by atoms with Crippen LogP contribution < -0.4 is 0 Å². The Morgan fingerprint density at radius 2 is 2.29 bits per heavy atom. The molecule has 0 bridgehead atoms. The van der Waals surface area contributed by atoms with Crippen LogP contribution in [0.4, 0.5) is 0 Å². The van der Waals surface area contributed by atoms with E-state index in [0.717, 1.165) is 8.96 Å². The lowest BCUT2D eigenvalue weighted by Crippen LogP contribution is -1.60. The topological polar surface area (TPSA) is 12.9 Å². The van der Waals surface area contributed by atoms with Crippen molar-refractivity contribution in [2.45, 2.75) is 6.92 Å². The third kappa shape index (κ3) is 1.29. The van der Waals surface area contributed by atoms with Crippen molar-refractivity contribution in [3.8, 4) is 0 Å². The van der Waals surface area contributed by atoms with Crippen LogP contribution in [0.15, 0.2) is 0 Å². The molecule has 1 nitrogen and oxygen atoms in total. The van der Waals surface area contributed by atoms with Crippen LogP contribution in [-0.4, -0.2) is 4.98 Å². The van der Waals surface area contributed by atoms with Gasteiger partial charge in [-0.15, -0.1) is 0 Å². The third-order valence-corrected chi connectivity index (χ3v) is 3.24. The van der Waals surface area contributed by atoms with Crippen LogP contribution in [0.5, 0.6) is 0 Å². The molecular formula is C3H3NS3. The largest absolute Gasteiger partial charge is 0.219 e. The minimum atomic E-state index is 0.752. The molecule has 0 unspecified atom stereocenters. The molecule has 0 radical (unpaired) electrons. The summed E-state index contributed by atoms with van der Waals surface area (Å²) < 4.78 is 0.752. The molecule has 0 saturated carbocycles. The van der Waals surface area contributed by atoms with E-state index in [1.807, 2.05) is 6.92 Å². The fraction of sp³-hybridized carbons (Fsp3) is 0.333. The number of hydrogen-bond donors (Lipinski definition) is 0. The summed E-state index contributed by atoms with van der Waals surface area (Å²) >= 11 is 4.75. The monoisotopic (exact) mass is 149 g/mol. The standard InChI is InChI=1S/C3H3NS3/c1-2-4-3(5)7-6-2/h1H3. The Morgan fingerprint density at radius 3 is 2.43 bits per heavy atom. The average Bonchev–Trinajstić information content (AvgIpc) is 1.87. The first-order valence-electron chi connectivity index (χ1n) is 1.73. The van der Waals surface area contributed by atoms with E-state index in [0.29, 0.717) is 0 Å². The molecule has 0 aliphatic carbocycles. The van der Waals surface area contributed by atoms with Gasteiger partial charge >= 0.3 is 0 Å². The van der Waals surface area contributed by atoms with Gasteiger partial charge in [0, 0.05) is 0 Å². The Hall–Kier alpha value is 0.200. The SMILES string of the molecule is Cc1nc(=S)ss1. The van der Waals surface area contributed by atoms with Crippen LogP contribution in [0.2, 0.25) is 0 Å². The first-order chi connectivity index (χ1) is 3.29. The first kappa shape index (κ1) is 5.34. The summed E-state index contributed by atoms with van der Waals surface area (Å²) in [5, 5.41) is 1.06. The zero-order valence-corrected chi connectivity index (χ0v) is 6.12. The van der Waals surface area contributed by atoms with Gasteiger partial charge in [0.15, 0.2) is 3.95 Å². The van der Waals surface area contributed by atoms with Crippen molar-refractivity contribution in [2.75, 3.05) is 0 Å². The van der Waals surface area contributed by atoms with Crippen molar-refractivity contribution in [2.24, 2.45) is 0 Å². The van der Waals surface area contributed by atoms with Gasteiger partial charge in [-0.1, -0.05) is 10.3 Å². The number of hydrogen-bond acceptors (Lipinski definition) is 4. The maximum atomic E-state index is 4.75. The molecule has 0 amide bonds. The maximum absolute atomic E-state index is 4.75. The second-order valence-corrected chi connectivity index (χ2v) is 4.02. The van der Waals surface area contributed by atoms with Gasteiger partial charge in [-0.05, 0) is 29.5 Å². The van der Waals surface area contributed by atoms with Crippen molar-refractivity contribution < 1.29 is 0 Å². The van der Waals surface area contributed by atoms with Gasteiger partial charge in [-0.25, -0.2) is 4.98 Å². The molecule has 0 aliphatic heterocycles. The van der Waals surface area contributed by atoms with Gasteiger partial charge in [0.25, 0.3) is 0 Å². The van der Waals surface area contributed by atoms with E-state index in [-0.39, 0.29) is 0 Å². The molecule has 0 fully saturated rings. The second kappa shape index (κ2) is 1.98. The van der Waals surface area contributed by atoms with E-state index in [1.54, 1.807) is 20.7 Å². The Morgan fingerprint density at radius 1 is 1.57 bits per heavy atom. The molecular weight excluding hydrogens is 146 g/mol. The molecule has 1 aromatic rings. The van der Waals surface area contributed by atoms with Gasteiger partial charge < -0.3 is 0 Å². The lowest BCUT2D eigenvalue weighted by Gasteiger charge is -1.63. The zero-order chi connectivity index (χ0) is 5.28. The van der Waals surface area contributed by atoms with Crippen molar-refractivity contribution in [3.05, 3.63) is 8.96 Å². The Balaban J connectivity index is 3.30. The zero-order valence-electron chi connectivity index (χ0n) is 3.67. The van der Waals surface area contributed by atoms with E-state index in [1.165, 1.54) is 0 Å². The molecule has 0 aromatic carbocycles. The van der Waals surface area contributed by atoms with E-state index < -0.39 is 0 Å². The molecule has 0 atom stereocenters. The fourth-order valence-corrected chi connectivity index (χ4v) is 2.11.